The fourth-order valence-electron chi connectivity index (χ4n) is 2.77. The second-order valence-electron chi connectivity index (χ2n) is 6.61. The van der Waals surface area contributed by atoms with Gasteiger partial charge in [0.25, 0.3) is 5.69 Å². The van der Waals surface area contributed by atoms with Crippen LogP contribution in [0.25, 0.3) is 0 Å². The maximum absolute atomic E-state index is 10.9. The van der Waals surface area contributed by atoms with Crippen molar-refractivity contribution in [2.75, 3.05) is 6.61 Å². The van der Waals surface area contributed by atoms with Gasteiger partial charge >= 0.3 is 0 Å². The number of hydrogen-bond acceptors (Lipinski definition) is 6. The number of rotatable bonds is 10. The van der Waals surface area contributed by atoms with Gasteiger partial charge < -0.3 is 14.3 Å². The first-order valence-electron chi connectivity index (χ1n) is 9.68. The van der Waals surface area contributed by atoms with Crippen molar-refractivity contribution in [2.45, 2.75) is 20.1 Å². The van der Waals surface area contributed by atoms with E-state index >= 15 is 0 Å². The van der Waals surface area contributed by atoms with Crippen LogP contribution >= 0.6 is 38.5 Å². The average molecular weight is 611 g/mol. The minimum Gasteiger partial charge on any atom is -0.490 e. The number of hydrogen-bond donors (Lipinski definition) is 0. The third-order valence-corrected chi connectivity index (χ3v) is 5.59. The zero-order valence-electron chi connectivity index (χ0n) is 17.2. The molecule has 0 aliphatic heterocycles. The molecule has 3 aromatic carbocycles. The number of nitro benzene ring substituents is 1. The molecule has 32 heavy (non-hydrogen) atoms. The molecule has 0 atom stereocenters. The summed E-state index contributed by atoms with van der Waals surface area (Å²) >= 11 is 5.63. The Morgan fingerprint density at radius 1 is 1.06 bits per heavy atom. The van der Waals surface area contributed by atoms with Gasteiger partial charge in [-0.2, -0.15) is 0 Å². The van der Waals surface area contributed by atoms with Gasteiger partial charge in [-0.3, -0.25) is 10.1 Å². The smallest absolute Gasteiger partial charge is 0.269 e. The maximum Gasteiger partial charge on any atom is 0.269 e. The van der Waals surface area contributed by atoms with Crippen LogP contribution in [0.1, 0.15) is 23.6 Å². The van der Waals surface area contributed by atoms with Crippen LogP contribution in [0, 0.1) is 13.7 Å². The predicted octanol–water partition coefficient (Wildman–Crippen LogP) is 6.49. The largest absolute Gasteiger partial charge is 0.490 e. The molecule has 0 fully saturated rings. The van der Waals surface area contributed by atoms with Crippen LogP contribution < -0.4 is 9.47 Å². The highest BCUT2D eigenvalue weighted by atomic mass is 127. The molecule has 0 spiro atoms. The lowest BCUT2D eigenvalue weighted by Gasteiger charge is -2.14. The zero-order chi connectivity index (χ0) is 22.9. The highest BCUT2D eigenvalue weighted by Gasteiger charge is 2.12. The van der Waals surface area contributed by atoms with Crippen molar-refractivity contribution >= 4 is 50.4 Å². The van der Waals surface area contributed by atoms with Gasteiger partial charge in [0.1, 0.15) is 13.2 Å². The molecule has 0 aromatic heterocycles. The van der Waals surface area contributed by atoms with E-state index in [4.69, 9.17) is 14.3 Å². The summed E-state index contributed by atoms with van der Waals surface area (Å²) < 4.78 is 13.7. The molecule has 0 aliphatic carbocycles. The summed E-state index contributed by atoms with van der Waals surface area (Å²) in [6.07, 6.45) is 1.57. The Balaban J connectivity index is 1.67. The average Bonchev–Trinajstić information content (AvgIpc) is 2.78. The lowest BCUT2D eigenvalue weighted by atomic mass is 10.2. The number of oxime groups is 1. The molecule has 3 aromatic rings. The van der Waals surface area contributed by atoms with Crippen molar-refractivity contribution in [3.8, 4) is 11.5 Å². The highest BCUT2D eigenvalue weighted by molar-refractivity contribution is 14.1. The third kappa shape index (κ3) is 6.92. The van der Waals surface area contributed by atoms with Crippen LogP contribution in [0.3, 0.4) is 0 Å². The van der Waals surface area contributed by atoms with Crippen LogP contribution in [-0.2, 0) is 18.1 Å². The number of non-ortho nitro benzene ring substituents is 1. The first-order valence-corrected chi connectivity index (χ1v) is 11.6. The van der Waals surface area contributed by atoms with Crippen LogP contribution in [0.15, 0.2) is 70.3 Å². The Morgan fingerprint density at radius 3 is 2.56 bits per heavy atom. The van der Waals surface area contributed by atoms with Gasteiger partial charge in [-0.1, -0.05) is 45.4 Å². The molecule has 0 bridgehead atoms. The maximum atomic E-state index is 10.9. The molecule has 0 saturated carbocycles. The van der Waals surface area contributed by atoms with Gasteiger partial charge in [0.05, 0.1) is 21.3 Å². The Kier molecular flexibility index (Phi) is 8.86. The summed E-state index contributed by atoms with van der Waals surface area (Å²) in [5.74, 6) is 1.29. The molecule has 3 rings (SSSR count). The lowest BCUT2D eigenvalue weighted by molar-refractivity contribution is -0.384. The summed E-state index contributed by atoms with van der Waals surface area (Å²) in [6, 6.07) is 18.0. The minimum absolute atomic E-state index is 0.0183. The molecule has 0 N–H and O–H groups in total. The van der Waals surface area contributed by atoms with E-state index < -0.39 is 4.92 Å². The van der Waals surface area contributed by atoms with E-state index in [1.54, 1.807) is 18.3 Å². The Hall–Kier alpha value is -2.66. The summed E-state index contributed by atoms with van der Waals surface area (Å²) in [7, 11) is 0. The third-order valence-electron chi connectivity index (χ3n) is 4.26. The van der Waals surface area contributed by atoms with Crippen LogP contribution in [0.2, 0.25) is 0 Å². The van der Waals surface area contributed by atoms with Crippen molar-refractivity contribution in [3.63, 3.8) is 0 Å². The Bertz CT molecular complexity index is 1110. The van der Waals surface area contributed by atoms with Gasteiger partial charge in [-0.05, 0) is 64.9 Å². The van der Waals surface area contributed by atoms with Crippen molar-refractivity contribution < 1.29 is 19.2 Å². The number of nitro groups is 1. The lowest BCUT2D eigenvalue weighted by Crippen LogP contribution is -2.02. The normalized spacial score (nSPS) is 10.8. The van der Waals surface area contributed by atoms with Crippen molar-refractivity contribution in [1.29, 1.82) is 0 Å². The second kappa shape index (κ2) is 11.8. The molecule has 0 unspecified atom stereocenters. The van der Waals surface area contributed by atoms with Gasteiger partial charge in [-0.25, -0.2) is 0 Å². The fourth-order valence-corrected chi connectivity index (χ4v) is 3.82. The summed E-state index contributed by atoms with van der Waals surface area (Å²) in [5.41, 5.74) is 2.52. The number of benzene rings is 3. The quantitative estimate of drug-likeness (QED) is 0.113. The first kappa shape index (κ1) is 24.0. The molecule has 0 heterocycles. The fraction of sp³-hybridized carbons (Fsp3) is 0.174. The molecular formula is C23H20BrIN2O5. The van der Waals surface area contributed by atoms with Gasteiger partial charge in [0, 0.05) is 22.2 Å². The summed E-state index contributed by atoms with van der Waals surface area (Å²) in [5, 5.41) is 14.8. The summed E-state index contributed by atoms with van der Waals surface area (Å²) in [4.78, 5) is 15.7. The molecule has 0 saturated heterocycles. The second-order valence-corrected chi connectivity index (χ2v) is 8.69. The van der Waals surface area contributed by atoms with Gasteiger partial charge in [0.2, 0.25) is 0 Å². The first-order chi connectivity index (χ1) is 15.5. The van der Waals surface area contributed by atoms with Crippen LogP contribution in [0.4, 0.5) is 5.69 Å². The van der Waals surface area contributed by atoms with Crippen molar-refractivity contribution in [1.82, 2.24) is 0 Å². The van der Waals surface area contributed by atoms with Crippen LogP contribution in [-0.4, -0.2) is 17.7 Å². The van der Waals surface area contributed by atoms with E-state index in [2.05, 4.69) is 43.7 Å². The number of ether oxygens (including phenoxy) is 2. The molecular weight excluding hydrogens is 591 g/mol. The molecule has 0 aliphatic rings. The molecule has 166 valence electrons. The van der Waals surface area contributed by atoms with Crippen molar-refractivity contribution in [3.05, 3.63) is 95.5 Å². The molecule has 0 amide bonds. The van der Waals surface area contributed by atoms with Gasteiger partial charge in [-0.15, -0.1) is 0 Å². The predicted molar refractivity (Wildman–Crippen MR) is 134 cm³/mol. The standard InChI is InChI=1S/C23H20BrIN2O5/c1-2-30-22-12-18(13-26-32-15-17-4-3-5-20(10-17)27(28)29)11-21(25)23(22)31-14-16-6-8-19(24)9-7-16/h3-13H,2,14-15H2,1H3/b26-13-. The van der Waals surface area contributed by atoms with Gasteiger partial charge in [0.15, 0.2) is 11.5 Å². The van der Waals surface area contributed by atoms with E-state index in [0.717, 1.165) is 19.2 Å². The minimum atomic E-state index is -0.440. The zero-order valence-corrected chi connectivity index (χ0v) is 20.9. The van der Waals surface area contributed by atoms with E-state index in [0.29, 0.717) is 30.3 Å². The number of nitrogens with zero attached hydrogens (tertiary/aromatic N) is 2. The van der Waals surface area contributed by atoms with E-state index in [9.17, 15) is 10.1 Å². The molecule has 7 nitrogen and oxygen atoms in total. The highest BCUT2D eigenvalue weighted by Crippen LogP contribution is 2.34. The number of halogens is 2. The van der Waals surface area contributed by atoms with E-state index in [-0.39, 0.29) is 12.3 Å². The van der Waals surface area contributed by atoms with Crippen molar-refractivity contribution in [2.24, 2.45) is 5.16 Å². The monoisotopic (exact) mass is 610 g/mol. The van der Waals surface area contributed by atoms with E-state index in [1.807, 2.05) is 43.3 Å². The molecule has 9 heteroatoms. The summed E-state index contributed by atoms with van der Waals surface area (Å²) in [6.45, 7) is 2.95. The molecule has 0 radical (unpaired) electrons. The Morgan fingerprint density at radius 2 is 1.84 bits per heavy atom. The Labute approximate surface area is 207 Å². The SMILES string of the molecule is CCOc1cc(/C=N\OCc2cccc([N+](=O)[O-])c2)cc(I)c1OCc1ccc(Br)cc1. The van der Waals surface area contributed by atoms with E-state index in [1.165, 1.54) is 12.1 Å². The topological polar surface area (TPSA) is 83.2 Å². The van der Waals surface area contributed by atoms with Crippen LogP contribution in [0.5, 0.6) is 11.5 Å².